The van der Waals surface area contributed by atoms with Crippen molar-refractivity contribution < 1.29 is 13.0 Å². The van der Waals surface area contributed by atoms with Gasteiger partial charge >= 0.3 is 0 Å². The first-order valence-corrected chi connectivity index (χ1v) is 5.31. The lowest BCUT2D eigenvalue weighted by atomic mass is 10.5. The topological polar surface area (TPSA) is 67.3 Å². The minimum atomic E-state index is -4.19. The molecule has 0 bridgehead atoms. The Morgan fingerprint density at radius 1 is 1.58 bits per heavy atom. The second kappa shape index (κ2) is 3.29. The SMILES string of the molecule is O=S(=O)(O)c1cnc(Cl)c(Br)c1. The van der Waals surface area contributed by atoms with Crippen molar-refractivity contribution in [1.82, 2.24) is 4.98 Å². The molecule has 0 radical (unpaired) electrons. The number of hydrogen-bond donors (Lipinski definition) is 1. The zero-order chi connectivity index (χ0) is 9.35. The number of aromatic nitrogens is 1. The Morgan fingerprint density at radius 2 is 2.17 bits per heavy atom. The van der Waals surface area contributed by atoms with E-state index in [1.165, 1.54) is 6.07 Å². The van der Waals surface area contributed by atoms with Gasteiger partial charge in [0.2, 0.25) is 0 Å². The van der Waals surface area contributed by atoms with Gasteiger partial charge < -0.3 is 0 Å². The second-order valence-electron chi connectivity index (χ2n) is 1.92. The van der Waals surface area contributed by atoms with Crippen LogP contribution in [0.2, 0.25) is 5.15 Å². The summed E-state index contributed by atoms with van der Waals surface area (Å²) in [6.45, 7) is 0. The molecule has 0 amide bonds. The Morgan fingerprint density at radius 3 is 2.58 bits per heavy atom. The van der Waals surface area contributed by atoms with Crippen molar-refractivity contribution in [2.45, 2.75) is 4.90 Å². The van der Waals surface area contributed by atoms with Gasteiger partial charge in [0.05, 0.1) is 4.47 Å². The molecule has 1 aromatic rings. The molecule has 66 valence electrons. The van der Waals surface area contributed by atoms with Gasteiger partial charge in [0.15, 0.2) is 0 Å². The predicted molar refractivity (Wildman–Crippen MR) is 46.8 cm³/mol. The highest BCUT2D eigenvalue weighted by molar-refractivity contribution is 9.10. The third kappa shape index (κ3) is 2.16. The lowest BCUT2D eigenvalue weighted by Gasteiger charge is -1.97. The van der Waals surface area contributed by atoms with Crippen molar-refractivity contribution in [3.8, 4) is 0 Å². The van der Waals surface area contributed by atoms with Gasteiger partial charge in [-0.2, -0.15) is 8.42 Å². The molecular formula is C5H3BrClNO3S. The molecule has 1 N–H and O–H groups in total. The summed E-state index contributed by atoms with van der Waals surface area (Å²) in [7, 11) is -4.19. The fraction of sp³-hybridized carbons (Fsp3) is 0. The standard InChI is InChI=1S/C5H3BrClNO3S/c6-4-1-3(12(9,10)11)2-8-5(4)7/h1-2H,(H,9,10,11). The first kappa shape index (κ1) is 9.91. The normalized spacial score (nSPS) is 11.6. The zero-order valence-corrected chi connectivity index (χ0v) is 8.69. The van der Waals surface area contributed by atoms with Crippen molar-refractivity contribution in [3.05, 3.63) is 21.9 Å². The van der Waals surface area contributed by atoms with E-state index in [1.54, 1.807) is 0 Å². The molecule has 0 aliphatic carbocycles. The summed E-state index contributed by atoms with van der Waals surface area (Å²) in [5, 5.41) is 0.141. The van der Waals surface area contributed by atoms with Gasteiger partial charge in [0, 0.05) is 6.20 Å². The van der Waals surface area contributed by atoms with E-state index < -0.39 is 10.1 Å². The Kier molecular flexibility index (Phi) is 2.72. The summed E-state index contributed by atoms with van der Waals surface area (Å²) < 4.78 is 30.0. The van der Waals surface area contributed by atoms with Crippen molar-refractivity contribution in [2.24, 2.45) is 0 Å². The Hall–Kier alpha value is -0.170. The smallest absolute Gasteiger partial charge is 0.282 e. The molecule has 0 aromatic carbocycles. The average molecular weight is 273 g/mol. The highest BCUT2D eigenvalue weighted by Gasteiger charge is 2.11. The van der Waals surface area contributed by atoms with Crippen LogP contribution in [0.5, 0.6) is 0 Å². The number of rotatable bonds is 1. The first-order valence-electron chi connectivity index (χ1n) is 2.70. The summed E-state index contributed by atoms with van der Waals surface area (Å²) in [5.41, 5.74) is 0. The molecule has 1 rings (SSSR count). The van der Waals surface area contributed by atoms with Gasteiger partial charge in [0.25, 0.3) is 10.1 Å². The summed E-state index contributed by atoms with van der Waals surface area (Å²) in [5.74, 6) is 0. The third-order valence-corrected chi connectivity index (χ3v) is 3.02. The summed E-state index contributed by atoms with van der Waals surface area (Å²) in [6.07, 6.45) is 0.975. The van der Waals surface area contributed by atoms with Crippen LogP contribution in [0.1, 0.15) is 0 Å². The maximum atomic E-state index is 10.5. The monoisotopic (exact) mass is 271 g/mol. The van der Waals surface area contributed by atoms with Crippen LogP contribution in [0.25, 0.3) is 0 Å². The Balaban J connectivity index is 3.33. The fourth-order valence-electron chi connectivity index (χ4n) is 0.545. The summed E-state index contributed by atoms with van der Waals surface area (Å²) in [6, 6.07) is 1.17. The fourth-order valence-corrected chi connectivity index (χ4v) is 1.60. The second-order valence-corrected chi connectivity index (χ2v) is 4.55. The minimum absolute atomic E-state index is 0.141. The maximum Gasteiger partial charge on any atom is 0.296 e. The van der Waals surface area contributed by atoms with E-state index in [0.29, 0.717) is 4.47 Å². The van der Waals surface area contributed by atoms with E-state index in [9.17, 15) is 8.42 Å². The van der Waals surface area contributed by atoms with Gasteiger partial charge in [-0.15, -0.1) is 0 Å². The Labute approximate surface area is 82.5 Å². The van der Waals surface area contributed by atoms with E-state index in [0.717, 1.165) is 6.20 Å². The van der Waals surface area contributed by atoms with Crippen molar-refractivity contribution in [1.29, 1.82) is 0 Å². The highest BCUT2D eigenvalue weighted by atomic mass is 79.9. The molecular weight excluding hydrogens is 269 g/mol. The van der Waals surface area contributed by atoms with Crippen molar-refractivity contribution in [2.75, 3.05) is 0 Å². The highest BCUT2D eigenvalue weighted by Crippen LogP contribution is 2.22. The molecule has 1 heterocycles. The quantitative estimate of drug-likeness (QED) is 0.625. The molecule has 0 unspecified atom stereocenters. The molecule has 0 spiro atoms. The summed E-state index contributed by atoms with van der Waals surface area (Å²) >= 11 is 8.46. The minimum Gasteiger partial charge on any atom is -0.282 e. The van der Waals surface area contributed by atoms with Gasteiger partial charge in [0.1, 0.15) is 10.0 Å². The number of halogens is 2. The predicted octanol–water partition coefficient (Wildman–Crippen LogP) is 1.74. The molecule has 0 saturated heterocycles. The average Bonchev–Trinajstić information content (AvgIpc) is 1.92. The molecule has 12 heavy (non-hydrogen) atoms. The molecule has 1 aromatic heterocycles. The van der Waals surface area contributed by atoms with Gasteiger partial charge in [-0.05, 0) is 22.0 Å². The molecule has 0 atom stereocenters. The number of hydrogen-bond acceptors (Lipinski definition) is 3. The molecule has 0 aliphatic rings. The van der Waals surface area contributed by atoms with Crippen LogP contribution in [-0.2, 0) is 10.1 Å². The van der Waals surface area contributed by atoms with Crippen LogP contribution in [0.15, 0.2) is 21.6 Å². The third-order valence-electron chi connectivity index (χ3n) is 1.07. The van der Waals surface area contributed by atoms with Crippen LogP contribution < -0.4 is 0 Å². The van der Waals surface area contributed by atoms with Crippen molar-refractivity contribution in [3.63, 3.8) is 0 Å². The van der Waals surface area contributed by atoms with E-state index in [1.807, 2.05) is 0 Å². The van der Waals surface area contributed by atoms with E-state index in [2.05, 4.69) is 20.9 Å². The van der Waals surface area contributed by atoms with Crippen molar-refractivity contribution >= 4 is 37.6 Å². The van der Waals surface area contributed by atoms with Crippen LogP contribution in [0, 0.1) is 0 Å². The van der Waals surface area contributed by atoms with Gasteiger partial charge in [-0.25, -0.2) is 4.98 Å². The summed E-state index contributed by atoms with van der Waals surface area (Å²) in [4.78, 5) is 3.23. The van der Waals surface area contributed by atoms with Gasteiger partial charge in [-0.1, -0.05) is 11.6 Å². The lowest BCUT2D eigenvalue weighted by molar-refractivity contribution is 0.482. The van der Waals surface area contributed by atoms with E-state index >= 15 is 0 Å². The van der Waals surface area contributed by atoms with E-state index in [4.69, 9.17) is 16.2 Å². The van der Waals surface area contributed by atoms with Crippen LogP contribution in [-0.4, -0.2) is 18.0 Å². The van der Waals surface area contributed by atoms with Crippen LogP contribution in [0.3, 0.4) is 0 Å². The number of pyridine rings is 1. The first-order chi connectivity index (χ1) is 5.41. The molecule has 0 saturated carbocycles. The van der Waals surface area contributed by atoms with Gasteiger partial charge in [-0.3, -0.25) is 4.55 Å². The maximum absolute atomic E-state index is 10.5. The molecule has 0 fully saturated rings. The Bertz CT molecular complexity index is 405. The molecule has 7 heteroatoms. The largest absolute Gasteiger partial charge is 0.296 e. The number of nitrogens with zero attached hydrogens (tertiary/aromatic N) is 1. The van der Waals surface area contributed by atoms with Crippen LogP contribution in [0.4, 0.5) is 0 Å². The molecule has 4 nitrogen and oxygen atoms in total. The van der Waals surface area contributed by atoms with E-state index in [-0.39, 0.29) is 10.0 Å². The zero-order valence-electron chi connectivity index (χ0n) is 5.53. The lowest BCUT2D eigenvalue weighted by Crippen LogP contribution is -1.98. The molecule has 0 aliphatic heterocycles. The van der Waals surface area contributed by atoms with Crippen LogP contribution >= 0.6 is 27.5 Å².